The third kappa shape index (κ3) is 3.76. The Morgan fingerprint density at radius 3 is 2.67 bits per heavy atom. The van der Waals surface area contributed by atoms with E-state index in [1.54, 1.807) is 6.92 Å². The van der Waals surface area contributed by atoms with E-state index in [1.807, 2.05) is 0 Å². The van der Waals surface area contributed by atoms with Gasteiger partial charge in [0.2, 0.25) is 0 Å². The zero-order chi connectivity index (χ0) is 13.5. The summed E-state index contributed by atoms with van der Waals surface area (Å²) in [6.45, 7) is 1.99. The van der Waals surface area contributed by atoms with E-state index in [4.69, 9.17) is 4.74 Å². The highest BCUT2D eigenvalue weighted by molar-refractivity contribution is 5.91. The van der Waals surface area contributed by atoms with Crippen LogP contribution in [0.25, 0.3) is 0 Å². The number of carbonyl (C=O) groups is 2. The van der Waals surface area contributed by atoms with Crippen molar-refractivity contribution >= 4 is 11.9 Å². The van der Waals surface area contributed by atoms with Crippen LogP contribution in [0, 0.1) is 0 Å². The fourth-order valence-electron chi connectivity index (χ4n) is 1.53. The smallest absolute Gasteiger partial charge is 0.338 e. The Bertz CT molecular complexity index is 439. The predicted octanol–water partition coefficient (Wildman–Crippen LogP) is 1.67. The molecule has 0 heterocycles. The first-order valence-corrected chi connectivity index (χ1v) is 5.64. The first-order chi connectivity index (χ1) is 8.58. The number of methoxy groups -OCH3 is 1. The van der Waals surface area contributed by atoms with Crippen molar-refractivity contribution in [2.24, 2.45) is 0 Å². The molecule has 18 heavy (non-hydrogen) atoms. The number of benzene rings is 1. The molecule has 0 radical (unpaired) electrons. The highest BCUT2D eigenvalue weighted by atomic mass is 16.5. The standard InChI is InChI=1S/C13H16O5/c1-3-18-13(16)11-6-5-10(14)8-9(11)4-7-12(15)17-2/h5-6,8,14H,3-4,7H2,1-2H3. The summed E-state index contributed by atoms with van der Waals surface area (Å²) in [4.78, 5) is 22.7. The number of hydrogen-bond donors (Lipinski definition) is 1. The predicted molar refractivity (Wildman–Crippen MR) is 64.4 cm³/mol. The Labute approximate surface area is 105 Å². The first-order valence-electron chi connectivity index (χ1n) is 5.64. The van der Waals surface area contributed by atoms with Crippen molar-refractivity contribution in [3.63, 3.8) is 0 Å². The van der Waals surface area contributed by atoms with Gasteiger partial charge in [0.15, 0.2) is 0 Å². The van der Waals surface area contributed by atoms with Crippen molar-refractivity contribution < 1.29 is 24.2 Å². The van der Waals surface area contributed by atoms with Crippen LogP contribution in [0.2, 0.25) is 0 Å². The maximum atomic E-state index is 11.7. The quantitative estimate of drug-likeness (QED) is 0.807. The van der Waals surface area contributed by atoms with Crippen LogP contribution >= 0.6 is 0 Å². The van der Waals surface area contributed by atoms with Crippen LogP contribution < -0.4 is 0 Å². The SMILES string of the molecule is CCOC(=O)c1ccc(O)cc1CCC(=O)OC. The van der Waals surface area contributed by atoms with Gasteiger partial charge >= 0.3 is 11.9 Å². The first kappa shape index (κ1) is 14.0. The fraction of sp³-hybridized carbons (Fsp3) is 0.385. The largest absolute Gasteiger partial charge is 0.508 e. The Balaban J connectivity index is 2.89. The molecule has 0 aliphatic heterocycles. The third-order valence-electron chi connectivity index (χ3n) is 2.41. The molecule has 0 aliphatic rings. The van der Waals surface area contributed by atoms with Crippen molar-refractivity contribution in [3.05, 3.63) is 29.3 Å². The summed E-state index contributed by atoms with van der Waals surface area (Å²) in [5.74, 6) is -0.784. The van der Waals surface area contributed by atoms with Gasteiger partial charge < -0.3 is 14.6 Å². The summed E-state index contributed by atoms with van der Waals surface area (Å²) in [7, 11) is 1.30. The minimum absolute atomic E-state index is 0.0444. The van der Waals surface area contributed by atoms with E-state index in [1.165, 1.54) is 25.3 Å². The minimum atomic E-state index is -0.461. The van der Waals surface area contributed by atoms with Gasteiger partial charge in [-0.3, -0.25) is 4.79 Å². The van der Waals surface area contributed by atoms with Gasteiger partial charge in [-0.25, -0.2) is 4.79 Å². The van der Waals surface area contributed by atoms with E-state index in [2.05, 4.69) is 4.74 Å². The normalized spacial score (nSPS) is 9.89. The Morgan fingerprint density at radius 2 is 2.06 bits per heavy atom. The van der Waals surface area contributed by atoms with Crippen molar-refractivity contribution in [1.82, 2.24) is 0 Å². The molecule has 1 aromatic carbocycles. The number of phenolic OH excluding ortho intramolecular Hbond substituents is 1. The lowest BCUT2D eigenvalue weighted by molar-refractivity contribution is -0.140. The molecule has 1 rings (SSSR count). The zero-order valence-corrected chi connectivity index (χ0v) is 10.4. The molecule has 1 aromatic rings. The van der Waals surface area contributed by atoms with E-state index in [-0.39, 0.29) is 24.7 Å². The molecular weight excluding hydrogens is 236 g/mol. The maximum absolute atomic E-state index is 11.7. The van der Waals surface area contributed by atoms with Gasteiger partial charge in [-0.2, -0.15) is 0 Å². The summed E-state index contributed by atoms with van der Waals surface area (Å²) in [5, 5.41) is 9.40. The summed E-state index contributed by atoms with van der Waals surface area (Å²) >= 11 is 0. The Morgan fingerprint density at radius 1 is 1.33 bits per heavy atom. The lowest BCUT2D eigenvalue weighted by Gasteiger charge is -2.08. The number of aromatic hydroxyl groups is 1. The number of aryl methyl sites for hydroxylation is 1. The molecule has 0 unspecified atom stereocenters. The highest BCUT2D eigenvalue weighted by Crippen LogP contribution is 2.19. The third-order valence-corrected chi connectivity index (χ3v) is 2.41. The molecule has 0 fully saturated rings. The minimum Gasteiger partial charge on any atom is -0.508 e. The number of esters is 2. The monoisotopic (exact) mass is 252 g/mol. The van der Waals surface area contributed by atoms with Gasteiger partial charge in [0, 0.05) is 6.42 Å². The number of rotatable bonds is 5. The molecule has 0 aromatic heterocycles. The van der Waals surface area contributed by atoms with Crippen LogP contribution in [0.4, 0.5) is 0 Å². The van der Waals surface area contributed by atoms with Crippen LogP contribution in [0.3, 0.4) is 0 Å². The molecule has 0 atom stereocenters. The fourth-order valence-corrected chi connectivity index (χ4v) is 1.53. The van der Waals surface area contributed by atoms with Crippen LogP contribution in [-0.4, -0.2) is 30.8 Å². The Kier molecular flexibility index (Phi) is 5.17. The Hall–Kier alpha value is -2.04. The molecule has 1 N–H and O–H groups in total. The molecule has 5 nitrogen and oxygen atoms in total. The summed E-state index contributed by atoms with van der Waals surface area (Å²) in [6.07, 6.45) is 0.460. The summed E-state index contributed by atoms with van der Waals surface area (Å²) < 4.78 is 9.44. The average molecular weight is 252 g/mol. The van der Waals surface area contributed by atoms with Crippen molar-refractivity contribution in [3.8, 4) is 5.75 Å². The van der Waals surface area contributed by atoms with Gasteiger partial charge in [0.1, 0.15) is 5.75 Å². The number of ether oxygens (including phenoxy) is 2. The van der Waals surface area contributed by atoms with Gasteiger partial charge in [0.25, 0.3) is 0 Å². The lowest BCUT2D eigenvalue weighted by atomic mass is 10.0. The molecule has 0 saturated heterocycles. The van der Waals surface area contributed by atoms with E-state index >= 15 is 0 Å². The molecule has 0 saturated carbocycles. The van der Waals surface area contributed by atoms with Gasteiger partial charge in [0.05, 0.1) is 19.3 Å². The molecule has 0 amide bonds. The molecule has 98 valence electrons. The topological polar surface area (TPSA) is 72.8 Å². The highest BCUT2D eigenvalue weighted by Gasteiger charge is 2.14. The number of phenols is 1. The van der Waals surface area contributed by atoms with Crippen LogP contribution in [0.1, 0.15) is 29.3 Å². The van der Waals surface area contributed by atoms with E-state index in [0.717, 1.165) is 0 Å². The number of carbonyl (C=O) groups excluding carboxylic acids is 2. The zero-order valence-electron chi connectivity index (χ0n) is 10.4. The average Bonchev–Trinajstić information content (AvgIpc) is 2.36. The van der Waals surface area contributed by atoms with Gasteiger partial charge in [-0.15, -0.1) is 0 Å². The molecule has 0 aliphatic carbocycles. The second kappa shape index (κ2) is 6.64. The van der Waals surface area contributed by atoms with Crippen LogP contribution in [-0.2, 0) is 20.7 Å². The van der Waals surface area contributed by atoms with E-state index in [9.17, 15) is 14.7 Å². The second-order valence-corrected chi connectivity index (χ2v) is 3.64. The molecule has 0 bridgehead atoms. The summed E-state index contributed by atoms with van der Waals surface area (Å²) in [6, 6.07) is 4.35. The van der Waals surface area contributed by atoms with Crippen molar-refractivity contribution in [1.29, 1.82) is 0 Å². The molecule has 0 spiro atoms. The number of hydrogen-bond acceptors (Lipinski definition) is 5. The van der Waals surface area contributed by atoms with Crippen LogP contribution in [0.15, 0.2) is 18.2 Å². The van der Waals surface area contributed by atoms with Gasteiger partial charge in [-0.05, 0) is 37.1 Å². The van der Waals surface area contributed by atoms with E-state index in [0.29, 0.717) is 17.5 Å². The molecular formula is C13H16O5. The second-order valence-electron chi connectivity index (χ2n) is 3.64. The lowest BCUT2D eigenvalue weighted by Crippen LogP contribution is -2.10. The summed E-state index contributed by atoms with van der Waals surface area (Å²) in [5.41, 5.74) is 0.928. The molecule has 5 heteroatoms. The van der Waals surface area contributed by atoms with Gasteiger partial charge in [-0.1, -0.05) is 0 Å². The van der Waals surface area contributed by atoms with Crippen molar-refractivity contribution in [2.45, 2.75) is 19.8 Å². The van der Waals surface area contributed by atoms with Crippen LogP contribution in [0.5, 0.6) is 5.75 Å². The van der Waals surface area contributed by atoms with Crippen molar-refractivity contribution in [2.75, 3.05) is 13.7 Å². The van der Waals surface area contributed by atoms with E-state index < -0.39 is 5.97 Å². The maximum Gasteiger partial charge on any atom is 0.338 e.